The number of aryl methyl sites for hydroxylation is 1. The van der Waals surface area contributed by atoms with Gasteiger partial charge >= 0.3 is 0 Å². The number of anilines is 1. The second-order valence-electron chi connectivity index (χ2n) is 8.17. The molecule has 4 rings (SSSR count). The van der Waals surface area contributed by atoms with E-state index in [-0.39, 0.29) is 0 Å². The highest BCUT2D eigenvalue weighted by atomic mass is 35.5. The van der Waals surface area contributed by atoms with Gasteiger partial charge in [0.25, 0.3) is 0 Å². The molecule has 0 unspecified atom stereocenters. The largest absolute Gasteiger partial charge is 0.361 e. The zero-order chi connectivity index (χ0) is 19.5. The lowest BCUT2D eigenvalue weighted by atomic mass is 9.95. The standard InChI is InChI=1S/C23H29Cl2N3/c1-17-2-4-19(5-3-17)23-16-27(15-18-8-10-26-11-9-18)12-13-28(23)22-7-6-20(24)14-21(22)25/h2-7,14,18,23,26H,8-13,15-16H2,1H3/t23-/m0/s1. The van der Waals surface area contributed by atoms with Crippen LogP contribution in [0.5, 0.6) is 0 Å². The Bertz CT molecular complexity index is 787. The summed E-state index contributed by atoms with van der Waals surface area (Å²) in [5.74, 6) is 0.811. The quantitative estimate of drug-likeness (QED) is 0.740. The molecule has 2 fully saturated rings. The van der Waals surface area contributed by atoms with Crippen LogP contribution in [0.2, 0.25) is 10.0 Å². The van der Waals surface area contributed by atoms with Gasteiger partial charge in [-0.05, 0) is 62.5 Å². The van der Waals surface area contributed by atoms with Gasteiger partial charge in [0.2, 0.25) is 0 Å². The zero-order valence-corrected chi connectivity index (χ0v) is 18.0. The van der Waals surface area contributed by atoms with Crippen LogP contribution in [0.25, 0.3) is 0 Å². The van der Waals surface area contributed by atoms with Crippen LogP contribution in [0.15, 0.2) is 42.5 Å². The van der Waals surface area contributed by atoms with Gasteiger partial charge in [-0.15, -0.1) is 0 Å². The van der Waals surface area contributed by atoms with Crippen LogP contribution in [0.4, 0.5) is 5.69 Å². The second kappa shape index (κ2) is 9.04. The van der Waals surface area contributed by atoms with Crippen LogP contribution in [0, 0.1) is 12.8 Å². The lowest BCUT2D eigenvalue weighted by Gasteiger charge is -2.44. The fourth-order valence-electron chi connectivity index (χ4n) is 4.51. The Morgan fingerprint density at radius 1 is 1.00 bits per heavy atom. The van der Waals surface area contributed by atoms with E-state index in [1.807, 2.05) is 12.1 Å². The van der Waals surface area contributed by atoms with Crippen LogP contribution in [0.3, 0.4) is 0 Å². The minimum absolute atomic E-state index is 0.301. The number of piperazine rings is 1. The van der Waals surface area contributed by atoms with E-state index in [9.17, 15) is 0 Å². The van der Waals surface area contributed by atoms with Gasteiger partial charge < -0.3 is 10.2 Å². The first-order valence-electron chi connectivity index (χ1n) is 10.3. The van der Waals surface area contributed by atoms with Crippen molar-refractivity contribution in [1.29, 1.82) is 0 Å². The first kappa shape index (κ1) is 20.0. The Morgan fingerprint density at radius 3 is 2.46 bits per heavy atom. The van der Waals surface area contributed by atoms with Crippen molar-refractivity contribution in [2.75, 3.05) is 44.2 Å². The van der Waals surface area contributed by atoms with Gasteiger partial charge in [-0.3, -0.25) is 4.90 Å². The lowest BCUT2D eigenvalue weighted by molar-refractivity contribution is 0.174. The summed E-state index contributed by atoms with van der Waals surface area (Å²) in [5.41, 5.74) is 3.73. The van der Waals surface area contributed by atoms with E-state index < -0.39 is 0 Å². The molecule has 2 aromatic carbocycles. The molecule has 0 radical (unpaired) electrons. The predicted molar refractivity (Wildman–Crippen MR) is 120 cm³/mol. The van der Waals surface area contributed by atoms with Gasteiger partial charge in [-0.1, -0.05) is 53.0 Å². The number of rotatable bonds is 4. The van der Waals surface area contributed by atoms with Crippen molar-refractivity contribution < 1.29 is 0 Å². The highest BCUT2D eigenvalue weighted by molar-refractivity contribution is 6.36. The van der Waals surface area contributed by atoms with Gasteiger partial charge in [0.1, 0.15) is 0 Å². The van der Waals surface area contributed by atoms with Crippen molar-refractivity contribution in [3.8, 4) is 0 Å². The summed E-state index contributed by atoms with van der Waals surface area (Å²) in [7, 11) is 0. The summed E-state index contributed by atoms with van der Waals surface area (Å²) in [4.78, 5) is 5.11. The van der Waals surface area contributed by atoms with Gasteiger partial charge in [-0.25, -0.2) is 0 Å². The van der Waals surface area contributed by atoms with Crippen LogP contribution < -0.4 is 10.2 Å². The molecule has 2 aromatic rings. The minimum atomic E-state index is 0.301. The number of hydrogen-bond donors (Lipinski definition) is 1. The maximum absolute atomic E-state index is 6.59. The number of piperidine rings is 1. The van der Waals surface area contributed by atoms with E-state index >= 15 is 0 Å². The summed E-state index contributed by atoms with van der Waals surface area (Å²) in [5, 5.41) is 4.90. The van der Waals surface area contributed by atoms with Crippen molar-refractivity contribution in [1.82, 2.24) is 10.2 Å². The number of nitrogens with one attached hydrogen (secondary N) is 1. The molecule has 3 nitrogen and oxygen atoms in total. The third-order valence-electron chi connectivity index (χ3n) is 6.12. The molecule has 1 N–H and O–H groups in total. The molecule has 150 valence electrons. The third kappa shape index (κ3) is 4.65. The van der Waals surface area contributed by atoms with Crippen molar-refractivity contribution >= 4 is 28.9 Å². The molecule has 28 heavy (non-hydrogen) atoms. The SMILES string of the molecule is Cc1ccc([C@@H]2CN(CC3CCNCC3)CCN2c2ccc(Cl)cc2Cl)cc1. The number of halogens is 2. The molecule has 2 saturated heterocycles. The minimum Gasteiger partial charge on any atom is -0.361 e. The number of hydrogen-bond acceptors (Lipinski definition) is 3. The summed E-state index contributed by atoms with van der Waals surface area (Å²) in [6.07, 6.45) is 2.58. The Kier molecular flexibility index (Phi) is 6.47. The topological polar surface area (TPSA) is 18.5 Å². The molecule has 1 atom stereocenters. The van der Waals surface area contributed by atoms with Crippen molar-refractivity contribution in [3.63, 3.8) is 0 Å². The van der Waals surface area contributed by atoms with Crippen LogP contribution in [-0.4, -0.2) is 44.2 Å². The summed E-state index contributed by atoms with van der Waals surface area (Å²) >= 11 is 12.7. The monoisotopic (exact) mass is 417 g/mol. The van der Waals surface area contributed by atoms with Crippen LogP contribution in [-0.2, 0) is 0 Å². The van der Waals surface area contributed by atoms with E-state index in [0.29, 0.717) is 11.1 Å². The molecule has 0 bridgehead atoms. The number of benzene rings is 2. The van der Waals surface area contributed by atoms with E-state index in [2.05, 4.69) is 52.4 Å². The Balaban J connectivity index is 1.58. The molecule has 0 aromatic heterocycles. The molecule has 2 heterocycles. The van der Waals surface area contributed by atoms with Crippen molar-refractivity contribution in [2.24, 2.45) is 5.92 Å². The molecule has 5 heteroatoms. The molecular weight excluding hydrogens is 389 g/mol. The normalized spacial score (nSPS) is 21.8. The van der Waals surface area contributed by atoms with Crippen LogP contribution >= 0.6 is 23.2 Å². The Labute approximate surface area is 178 Å². The molecule has 2 aliphatic heterocycles. The van der Waals surface area contributed by atoms with Gasteiger partial charge in [0.15, 0.2) is 0 Å². The second-order valence-corrected chi connectivity index (χ2v) is 9.01. The first-order valence-corrected chi connectivity index (χ1v) is 11.1. The van der Waals surface area contributed by atoms with Crippen LogP contribution in [0.1, 0.15) is 30.0 Å². The lowest BCUT2D eigenvalue weighted by Crippen LogP contribution is -2.50. The third-order valence-corrected chi connectivity index (χ3v) is 6.66. The number of nitrogens with zero attached hydrogens (tertiary/aromatic N) is 2. The zero-order valence-electron chi connectivity index (χ0n) is 16.5. The average molecular weight is 418 g/mol. The maximum atomic E-state index is 6.59. The highest BCUT2D eigenvalue weighted by Gasteiger charge is 2.31. The maximum Gasteiger partial charge on any atom is 0.0670 e. The van der Waals surface area contributed by atoms with Gasteiger partial charge in [0, 0.05) is 31.2 Å². The van der Waals surface area contributed by atoms with Crippen molar-refractivity contribution in [2.45, 2.75) is 25.8 Å². The summed E-state index contributed by atoms with van der Waals surface area (Å²) in [6, 6.07) is 15.1. The smallest absolute Gasteiger partial charge is 0.0670 e. The fourth-order valence-corrected chi connectivity index (χ4v) is 5.03. The van der Waals surface area contributed by atoms with E-state index in [4.69, 9.17) is 23.2 Å². The predicted octanol–water partition coefficient (Wildman–Crippen LogP) is 5.16. The summed E-state index contributed by atoms with van der Waals surface area (Å²) < 4.78 is 0. The van der Waals surface area contributed by atoms with Gasteiger partial charge in [0.05, 0.1) is 16.8 Å². The first-order chi connectivity index (χ1) is 13.6. The Hall–Kier alpha value is -1.26. The molecule has 0 amide bonds. The summed E-state index contributed by atoms with van der Waals surface area (Å²) in [6.45, 7) is 8.75. The molecule has 0 aliphatic carbocycles. The molecular formula is C23H29Cl2N3. The van der Waals surface area contributed by atoms with E-state index in [0.717, 1.165) is 49.4 Å². The van der Waals surface area contributed by atoms with Crippen molar-refractivity contribution in [3.05, 3.63) is 63.6 Å². The Morgan fingerprint density at radius 2 is 1.75 bits per heavy atom. The van der Waals surface area contributed by atoms with Gasteiger partial charge in [-0.2, -0.15) is 0 Å². The average Bonchev–Trinajstić information content (AvgIpc) is 2.70. The molecule has 0 spiro atoms. The molecule has 2 aliphatic rings. The van der Waals surface area contributed by atoms with E-state index in [1.54, 1.807) is 0 Å². The van der Waals surface area contributed by atoms with E-state index in [1.165, 1.54) is 30.5 Å². The highest BCUT2D eigenvalue weighted by Crippen LogP contribution is 2.37. The molecule has 0 saturated carbocycles. The fraction of sp³-hybridized carbons (Fsp3) is 0.478.